The summed E-state index contributed by atoms with van der Waals surface area (Å²) in [5.74, 6) is 0.0298. The molecule has 0 nitrogen and oxygen atoms in total. The van der Waals surface area contributed by atoms with Crippen LogP contribution in [0.2, 0.25) is 5.02 Å². The summed E-state index contributed by atoms with van der Waals surface area (Å²) < 4.78 is 14.0. The maximum Gasteiger partial charge on any atom is 0.107 e. The van der Waals surface area contributed by atoms with E-state index in [1.807, 2.05) is 31.2 Å². The van der Waals surface area contributed by atoms with Crippen LogP contribution in [0.4, 0.5) is 4.39 Å². The lowest BCUT2D eigenvalue weighted by Gasteiger charge is -2.20. The van der Waals surface area contributed by atoms with Gasteiger partial charge in [-0.1, -0.05) is 50.4 Å². The van der Waals surface area contributed by atoms with Crippen molar-refractivity contribution in [1.82, 2.24) is 0 Å². The highest BCUT2D eigenvalue weighted by Crippen LogP contribution is 2.30. The maximum absolute atomic E-state index is 14.0. The van der Waals surface area contributed by atoms with Crippen LogP contribution < -0.4 is 0 Å². The van der Waals surface area contributed by atoms with E-state index in [4.69, 9.17) is 11.6 Å². The minimum atomic E-state index is -0.730. The average molecular weight is 243 g/mol. The van der Waals surface area contributed by atoms with Gasteiger partial charge in [-0.05, 0) is 30.5 Å². The van der Waals surface area contributed by atoms with E-state index in [9.17, 15) is 4.39 Å². The molecule has 90 valence electrons. The van der Waals surface area contributed by atoms with Crippen LogP contribution in [0.3, 0.4) is 0 Å². The molecule has 1 rings (SSSR count). The van der Waals surface area contributed by atoms with Crippen LogP contribution in [-0.4, -0.2) is 6.17 Å². The normalized spacial score (nSPS) is 14.8. The smallest absolute Gasteiger partial charge is 0.107 e. The number of alkyl halides is 1. The molecule has 2 atom stereocenters. The number of halogens is 2. The van der Waals surface area contributed by atoms with Crippen molar-refractivity contribution in [2.24, 2.45) is 0 Å². The summed E-state index contributed by atoms with van der Waals surface area (Å²) in [6.45, 7) is 4.12. The van der Waals surface area contributed by atoms with Crippen LogP contribution in [0, 0.1) is 0 Å². The fourth-order valence-electron chi connectivity index (χ4n) is 2.05. The van der Waals surface area contributed by atoms with Gasteiger partial charge in [-0.25, -0.2) is 4.39 Å². The Hall–Kier alpha value is -0.560. The van der Waals surface area contributed by atoms with Crippen molar-refractivity contribution in [2.45, 2.75) is 51.6 Å². The zero-order chi connectivity index (χ0) is 12.0. The molecule has 0 heterocycles. The van der Waals surface area contributed by atoms with Crippen LogP contribution in [0.5, 0.6) is 0 Å². The van der Waals surface area contributed by atoms with Gasteiger partial charge in [0.05, 0.1) is 0 Å². The Morgan fingerprint density at radius 2 is 1.62 bits per heavy atom. The maximum atomic E-state index is 14.0. The molecule has 0 spiro atoms. The first-order chi connectivity index (χ1) is 7.69. The standard InChI is InChI=1S/C14H20ClF/c1-3-5-13(14(16)6-4-2)11-7-9-12(15)10-8-11/h7-10,13-14H,3-6H2,1-2H3. The summed E-state index contributed by atoms with van der Waals surface area (Å²) in [5.41, 5.74) is 1.08. The quantitative estimate of drug-likeness (QED) is 0.630. The largest absolute Gasteiger partial charge is 0.247 e. The van der Waals surface area contributed by atoms with Crippen LogP contribution >= 0.6 is 11.6 Å². The average Bonchev–Trinajstić information content (AvgIpc) is 2.28. The molecule has 0 N–H and O–H groups in total. The van der Waals surface area contributed by atoms with Crippen LogP contribution in [0.25, 0.3) is 0 Å². The molecule has 0 fully saturated rings. The Morgan fingerprint density at radius 3 is 2.12 bits per heavy atom. The Bertz CT molecular complexity index is 294. The van der Waals surface area contributed by atoms with Gasteiger partial charge >= 0.3 is 0 Å². The SMILES string of the molecule is CCCC(F)C(CCC)c1ccc(Cl)cc1. The van der Waals surface area contributed by atoms with Crippen molar-refractivity contribution in [1.29, 1.82) is 0 Å². The lowest BCUT2D eigenvalue weighted by Crippen LogP contribution is -2.13. The Labute approximate surface area is 103 Å². The van der Waals surface area contributed by atoms with Crippen molar-refractivity contribution < 1.29 is 4.39 Å². The Balaban J connectivity index is 2.79. The second-order valence-electron chi connectivity index (χ2n) is 4.25. The summed E-state index contributed by atoms with van der Waals surface area (Å²) in [4.78, 5) is 0. The number of benzene rings is 1. The van der Waals surface area contributed by atoms with Crippen LogP contribution in [-0.2, 0) is 0 Å². The molecule has 0 saturated heterocycles. The van der Waals surface area contributed by atoms with E-state index in [0.717, 1.165) is 24.8 Å². The molecule has 0 amide bonds. The van der Waals surface area contributed by atoms with Gasteiger partial charge in [-0.15, -0.1) is 0 Å². The summed E-state index contributed by atoms with van der Waals surface area (Å²) in [6.07, 6.45) is 2.73. The minimum absolute atomic E-state index is 0.0298. The molecular formula is C14H20ClF. The predicted octanol–water partition coefficient (Wildman–Crippen LogP) is 5.36. The topological polar surface area (TPSA) is 0 Å². The highest BCUT2D eigenvalue weighted by Gasteiger charge is 2.21. The van der Waals surface area contributed by atoms with Crippen molar-refractivity contribution in [2.75, 3.05) is 0 Å². The first kappa shape index (κ1) is 13.5. The fourth-order valence-corrected chi connectivity index (χ4v) is 2.18. The number of hydrogen-bond acceptors (Lipinski definition) is 0. The number of rotatable bonds is 6. The minimum Gasteiger partial charge on any atom is -0.247 e. The summed E-state index contributed by atoms with van der Waals surface area (Å²) in [5, 5.41) is 0.713. The van der Waals surface area contributed by atoms with Gasteiger partial charge in [0.25, 0.3) is 0 Å². The van der Waals surface area contributed by atoms with E-state index in [0.29, 0.717) is 11.4 Å². The third kappa shape index (κ3) is 3.79. The van der Waals surface area contributed by atoms with E-state index in [1.54, 1.807) is 0 Å². The lowest BCUT2D eigenvalue weighted by molar-refractivity contribution is 0.253. The van der Waals surface area contributed by atoms with E-state index in [-0.39, 0.29) is 5.92 Å². The van der Waals surface area contributed by atoms with Gasteiger partial charge in [0, 0.05) is 10.9 Å². The van der Waals surface area contributed by atoms with Crippen molar-refractivity contribution in [3.05, 3.63) is 34.9 Å². The molecule has 1 aromatic carbocycles. The summed E-state index contributed by atoms with van der Waals surface area (Å²) in [6, 6.07) is 7.59. The van der Waals surface area contributed by atoms with Gasteiger partial charge in [0.1, 0.15) is 6.17 Å². The molecular weight excluding hydrogens is 223 g/mol. The molecule has 2 unspecified atom stereocenters. The van der Waals surface area contributed by atoms with Gasteiger partial charge in [0.15, 0.2) is 0 Å². The molecule has 0 radical (unpaired) electrons. The highest BCUT2D eigenvalue weighted by atomic mass is 35.5. The third-order valence-electron chi connectivity index (χ3n) is 2.90. The zero-order valence-corrected chi connectivity index (χ0v) is 10.8. The first-order valence-electron chi connectivity index (χ1n) is 6.08. The molecule has 0 aliphatic heterocycles. The van der Waals surface area contributed by atoms with Crippen molar-refractivity contribution in [3.63, 3.8) is 0 Å². The van der Waals surface area contributed by atoms with Gasteiger partial charge < -0.3 is 0 Å². The van der Waals surface area contributed by atoms with Gasteiger partial charge in [-0.2, -0.15) is 0 Å². The van der Waals surface area contributed by atoms with Crippen molar-refractivity contribution in [3.8, 4) is 0 Å². The molecule has 16 heavy (non-hydrogen) atoms. The van der Waals surface area contributed by atoms with E-state index >= 15 is 0 Å². The monoisotopic (exact) mass is 242 g/mol. The molecule has 0 bridgehead atoms. The molecule has 0 aliphatic rings. The van der Waals surface area contributed by atoms with Gasteiger partial charge in [0.2, 0.25) is 0 Å². The zero-order valence-electron chi connectivity index (χ0n) is 10.0. The molecule has 0 saturated carbocycles. The van der Waals surface area contributed by atoms with Crippen LogP contribution in [0.15, 0.2) is 24.3 Å². The number of hydrogen-bond donors (Lipinski definition) is 0. The molecule has 0 aliphatic carbocycles. The molecule has 1 aromatic rings. The Morgan fingerprint density at radius 1 is 1.06 bits per heavy atom. The van der Waals surface area contributed by atoms with E-state index in [1.165, 1.54) is 0 Å². The summed E-state index contributed by atoms with van der Waals surface area (Å²) in [7, 11) is 0. The Kier molecular flexibility index (Phi) is 5.83. The molecule has 2 heteroatoms. The fraction of sp³-hybridized carbons (Fsp3) is 0.571. The predicted molar refractivity (Wildman–Crippen MR) is 68.9 cm³/mol. The lowest BCUT2D eigenvalue weighted by atomic mass is 9.88. The van der Waals surface area contributed by atoms with E-state index < -0.39 is 6.17 Å². The van der Waals surface area contributed by atoms with Crippen molar-refractivity contribution >= 4 is 11.6 Å². The third-order valence-corrected chi connectivity index (χ3v) is 3.15. The highest BCUT2D eigenvalue weighted by molar-refractivity contribution is 6.30. The second kappa shape index (κ2) is 6.90. The first-order valence-corrected chi connectivity index (χ1v) is 6.46. The van der Waals surface area contributed by atoms with Crippen LogP contribution in [0.1, 0.15) is 51.0 Å². The molecule has 0 aromatic heterocycles. The summed E-state index contributed by atoms with van der Waals surface area (Å²) >= 11 is 5.84. The van der Waals surface area contributed by atoms with E-state index in [2.05, 4.69) is 6.92 Å². The van der Waals surface area contributed by atoms with Gasteiger partial charge in [-0.3, -0.25) is 0 Å². The second-order valence-corrected chi connectivity index (χ2v) is 4.69.